The molecule has 0 aliphatic carbocycles. The third-order valence-corrected chi connectivity index (χ3v) is 4.60. The van der Waals surface area contributed by atoms with Gasteiger partial charge in [-0.1, -0.05) is 0 Å². The number of hydrogen-bond acceptors (Lipinski definition) is 4. The highest BCUT2D eigenvalue weighted by Gasteiger charge is 2.51. The zero-order valence-corrected chi connectivity index (χ0v) is 11.5. The summed E-state index contributed by atoms with van der Waals surface area (Å²) in [5.74, 6) is 0.551. The minimum Gasteiger partial charge on any atom is -0.332 e. The molecule has 2 fully saturated rings. The topological polar surface area (TPSA) is 98.1 Å². The Morgan fingerprint density at radius 2 is 2.05 bits per heavy atom. The number of rotatable bonds is 1. The van der Waals surface area contributed by atoms with E-state index in [2.05, 4.69) is 15.3 Å². The summed E-state index contributed by atoms with van der Waals surface area (Å²) in [5, 5.41) is 3.35. The normalized spacial score (nSPS) is 27.6. The second kappa shape index (κ2) is 4.31. The first-order valence-electron chi connectivity index (χ1n) is 6.76. The third-order valence-electron chi connectivity index (χ3n) is 4.60. The fourth-order valence-electron chi connectivity index (χ4n) is 3.50. The molecule has 2 aliphatic heterocycles. The van der Waals surface area contributed by atoms with E-state index < -0.39 is 11.2 Å². The Labute approximate surface area is 115 Å². The van der Waals surface area contributed by atoms with Crippen LogP contribution in [0, 0.1) is 11.8 Å². The highest BCUT2D eigenvalue weighted by atomic mass is 16.2. The van der Waals surface area contributed by atoms with Gasteiger partial charge in [-0.05, 0) is 25.7 Å². The van der Waals surface area contributed by atoms with Crippen molar-refractivity contribution >= 4 is 5.91 Å². The molecule has 1 aromatic rings. The van der Waals surface area contributed by atoms with Crippen LogP contribution >= 0.6 is 0 Å². The zero-order chi connectivity index (χ0) is 14.5. The van der Waals surface area contributed by atoms with Crippen molar-refractivity contribution in [1.29, 1.82) is 0 Å². The highest BCUT2D eigenvalue weighted by molar-refractivity contribution is 5.93. The number of hydrogen-bond donors (Lipinski definition) is 3. The number of nitrogens with zero attached hydrogens (tertiary/aromatic N) is 1. The van der Waals surface area contributed by atoms with Crippen LogP contribution in [0.4, 0.5) is 0 Å². The first kappa shape index (κ1) is 13.1. The fraction of sp³-hybridized carbons (Fsp3) is 0.615. The van der Waals surface area contributed by atoms with E-state index in [1.54, 1.807) is 4.90 Å². The zero-order valence-electron chi connectivity index (χ0n) is 11.5. The quantitative estimate of drug-likeness (QED) is 0.622. The van der Waals surface area contributed by atoms with Crippen molar-refractivity contribution in [2.45, 2.75) is 19.4 Å². The first-order chi connectivity index (χ1) is 9.39. The smallest absolute Gasteiger partial charge is 0.326 e. The molecule has 3 N–H and O–H groups in total. The number of carbonyl (C=O) groups is 1. The number of carbonyl (C=O) groups excluding carboxylic acids is 1. The molecule has 1 amide bonds. The third kappa shape index (κ3) is 1.89. The Hall–Kier alpha value is -1.89. The van der Waals surface area contributed by atoms with Gasteiger partial charge in [-0.15, -0.1) is 0 Å². The lowest BCUT2D eigenvalue weighted by Crippen LogP contribution is -2.48. The lowest BCUT2D eigenvalue weighted by molar-refractivity contribution is 0.0596. The van der Waals surface area contributed by atoms with Crippen molar-refractivity contribution in [2.75, 3.05) is 19.6 Å². The molecule has 0 saturated carbocycles. The largest absolute Gasteiger partial charge is 0.332 e. The van der Waals surface area contributed by atoms with Gasteiger partial charge < -0.3 is 15.2 Å². The number of likely N-dealkylation sites (tertiary alicyclic amines) is 1. The van der Waals surface area contributed by atoms with Crippen LogP contribution in [0.3, 0.4) is 0 Å². The second-order valence-corrected chi connectivity index (χ2v) is 6.10. The van der Waals surface area contributed by atoms with E-state index in [0.717, 1.165) is 19.2 Å². The van der Waals surface area contributed by atoms with Crippen molar-refractivity contribution in [2.24, 2.45) is 11.8 Å². The molecule has 7 nitrogen and oxygen atoms in total. The van der Waals surface area contributed by atoms with E-state index in [1.807, 2.05) is 13.8 Å². The number of amides is 1. The Morgan fingerprint density at radius 3 is 2.70 bits per heavy atom. The number of H-pyrrole nitrogens is 2. The van der Waals surface area contributed by atoms with Gasteiger partial charge in [0, 0.05) is 31.2 Å². The Balaban J connectivity index is 1.95. The lowest BCUT2D eigenvalue weighted by atomic mass is 9.85. The van der Waals surface area contributed by atoms with E-state index in [4.69, 9.17) is 0 Å². The molecule has 3 rings (SSSR count). The summed E-state index contributed by atoms with van der Waals surface area (Å²) in [5.41, 5.74) is -1.44. The Kier molecular flexibility index (Phi) is 2.82. The summed E-state index contributed by atoms with van der Waals surface area (Å²) in [7, 11) is 0. The molecule has 20 heavy (non-hydrogen) atoms. The summed E-state index contributed by atoms with van der Waals surface area (Å²) in [6.45, 7) is 6.52. The summed E-state index contributed by atoms with van der Waals surface area (Å²) >= 11 is 0. The summed E-state index contributed by atoms with van der Waals surface area (Å²) < 4.78 is 0. The molecule has 2 aliphatic rings. The molecule has 0 aromatic carbocycles. The van der Waals surface area contributed by atoms with Crippen LogP contribution in [0.1, 0.15) is 24.3 Å². The summed E-state index contributed by atoms with van der Waals surface area (Å²) in [4.78, 5) is 41.5. The maximum atomic E-state index is 12.6. The van der Waals surface area contributed by atoms with Gasteiger partial charge in [0.2, 0.25) is 0 Å². The standard InChI is InChI=1S/C13H18N4O3/c1-13(2)8-5-14-4-7(8)6-17(13)11(19)9-3-10(18)16-12(20)15-9/h3,7-8,14H,4-6H2,1-2H3,(H2,15,16,18,20). The molecule has 2 atom stereocenters. The van der Waals surface area contributed by atoms with Crippen molar-refractivity contribution in [3.8, 4) is 0 Å². The van der Waals surface area contributed by atoms with Crippen LogP contribution in [0.2, 0.25) is 0 Å². The van der Waals surface area contributed by atoms with E-state index in [9.17, 15) is 14.4 Å². The van der Waals surface area contributed by atoms with E-state index in [-0.39, 0.29) is 17.1 Å². The molecule has 2 saturated heterocycles. The SMILES string of the molecule is CC1(C)C2CNCC2CN1C(=O)c1cc(=O)[nH]c(=O)[nH]1. The monoisotopic (exact) mass is 278 g/mol. The summed E-state index contributed by atoms with van der Waals surface area (Å²) in [6.07, 6.45) is 0. The van der Waals surface area contributed by atoms with Crippen molar-refractivity contribution in [1.82, 2.24) is 20.2 Å². The highest BCUT2D eigenvalue weighted by Crippen LogP contribution is 2.40. The molecule has 0 radical (unpaired) electrons. The summed E-state index contributed by atoms with van der Waals surface area (Å²) in [6, 6.07) is 1.15. The predicted octanol–water partition coefficient (Wildman–Crippen LogP) is -0.867. The van der Waals surface area contributed by atoms with Crippen molar-refractivity contribution < 1.29 is 4.79 Å². The van der Waals surface area contributed by atoms with Gasteiger partial charge in [-0.2, -0.15) is 0 Å². The predicted molar refractivity (Wildman–Crippen MR) is 72.6 cm³/mol. The lowest BCUT2D eigenvalue weighted by Gasteiger charge is -2.35. The van der Waals surface area contributed by atoms with E-state index in [0.29, 0.717) is 18.4 Å². The van der Waals surface area contributed by atoms with Crippen molar-refractivity contribution in [3.63, 3.8) is 0 Å². The minimum absolute atomic E-state index is 0.0553. The molecular formula is C13H18N4O3. The van der Waals surface area contributed by atoms with Gasteiger partial charge in [0.05, 0.1) is 0 Å². The van der Waals surface area contributed by atoms with Gasteiger partial charge in [0.1, 0.15) is 5.69 Å². The Morgan fingerprint density at radius 1 is 1.30 bits per heavy atom. The van der Waals surface area contributed by atoms with Gasteiger partial charge >= 0.3 is 5.69 Å². The van der Waals surface area contributed by atoms with Crippen LogP contribution in [-0.2, 0) is 0 Å². The average Bonchev–Trinajstić information content (AvgIpc) is 2.90. The number of nitrogens with one attached hydrogen (secondary N) is 3. The number of fused-ring (bicyclic) bond motifs is 1. The average molecular weight is 278 g/mol. The van der Waals surface area contributed by atoms with Gasteiger partial charge in [-0.25, -0.2) is 4.79 Å². The molecule has 108 valence electrons. The van der Waals surface area contributed by atoms with Gasteiger partial charge in [-0.3, -0.25) is 14.6 Å². The fourth-order valence-corrected chi connectivity index (χ4v) is 3.50. The molecule has 1 aromatic heterocycles. The van der Waals surface area contributed by atoms with Crippen LogP contribution in [0.15, 0.2) is 15.7 Å². The molecule has 0 bridgehead atoms. The van der Waals surface area contributed by atoms with Gasteiger partial charge in [0.15, 0.2) is 0 Å². The van der Waals surface area contributed by atoms with Gasteiger partial charge in [0.25, 0.3) is 11.5 Å². The molecule has 7 heteroatoms. The van der Waals surface area contributed by atoms with Crippen LogP contribution in [0.5, 0.6) is 0 Å². The van der Waals surface area contributed by atoms with Crippen LogP contribution < -0.4 is 16.6 Å². The maximum absolute atomic E-state index is 12.6. The van der Waals surface area contributed by atoms with Crippen molar-refractivity contribution in [3.05, 3.63) is 32.6 Å². The first-order valence-corrected chi connectivity index (χ1v) is 6.76. The van der Waals surface area contributed by atoms with E-state index >= 15 is 0 Å². The molecular weight excluding hydrogens is 260 g/mol. The molecule has 3 heterocycles. The Bertz CT molecular complexity index is 632. The maximum Gasteiger partial charge on any atom is 0.326 e. The molecule has 2 unspecified atom stereocenters. The van der Waals surface area contributed by atoms with Crippen LogP contribution in [0.25, 0.3) is 0 Å². The number of aromatic amines is 2. The minimum atomic E-state index is -0.653. The van der Waals surface area contributed by atoms with Crippen LogP contribution in [-0.4, -0.2) is 45.9 Å². The second-order valence-electron chi connectivity index (χ2n) is 6.10. The van der Waals surface area contributed by atoms with E-state index in [1.165, 1.54) is 0 Å². The molecule has 0 spiro atoms. The number of aromatic nitrogens is 2.